The molecular formula is C42H28. The van der Waals surface area contributed by atoms with Crippen molar-refractivity contribution in [2.75, 3.05) is 0 Å². The van der Waals surface area contributed by atoms with Crippen LogP contribution in [-0.4, -0.2) is 0 Å². The first-order valence-corrected chi connectivity index (χ1v) is 12.8. The number of hydrogen-bond donors (Lipinski definition) is 0. The molecule has 42 heavy (non-hydrogen) atoms. The summed E-state index contributed by atoms with van der Waals surface area (Å²) in [6.07, 6.45) is 0. The van der Waals surface area contributed by atoms with Crippen molar-refractivity contribution in [2.45, 2.75) is 12.3 Å². The van der Waals surface area contributed by atoms with Crippen LogP contribution >= 0.6 is 0 Å². The highest BCUT2D eigenvalue weighted by molar-refractivity contribution is 6.20. The van der Waals surface area contributed by atoms with Gasteiger partial charge in [0.2, 0.25) is 0 Å². The van der Waals surface area contributed by atoms with Gasteiger partial charge in [-0.3, -0.25) is 0 Å². The molecular weight excluding hydrogens is 504 g/mol. The number of rotatable bonds is 2. The van der Waals surface area contributed by atoms with Crippen LogP contribution in [0.2, 0.25) is 0 Å². The Hall–Kier alpha value is -5.20. The highest BCUT2D eigenvalue weighted by atomic mass is 14.4. The second-order valence-corrected chi connectivity index (χ2v) is 9.88. The third-order valence-electron chi connectivity index (χ3n) is 7.69. The quantitative estimate of drug-likeness (QED) is 0.146. The molecule has 0 saturated carbocycles. The fourth-order valence-corrected chi connectivity index (χ4v) is 5.72. The van der Waals surface area contributed by atoms with Gasteiger partial charge in [0.25, 0.3) is 0 Å². The molecule has 0 aromatic heterocycles. The molecule has 0 bridgehead atoms. The summed E-state index contributed by atoms with van der Waals surface area (Å²) in [7, 11) is 0. The van der Waals surface area contributed by atoms with Gasteiger partial charge in [-0.25, -0.2) is 0 Å². The van der Waals surface area contributed by atoms with Gasteiger partial charge in [-0.2, -0.15) is 0 Å². The Kier molecular flexibility index (Phi) is 1.99. The first kappa shape index (κ1) is 9.68. The fourth-order valence-electron chi connectivity index (χ4n) is 5.72. The lowest BCUT2D eigenvalue weighted by Crippen LogP contribution is -2.22. The molecule has 0 heteroatoms. The van der Waals surface area contributed by atoms with Gasteiger partial charge in [0.05, 0.1) is 34.3 Å². The van der Waals surface area contributed by atoms with Crippen LogP contribution < -0.4 is 0 Å². The summed E-state index contributed by atoms with van der Waals surface area (Å²) >= 11 is 0. The van der Waals surface area contributed by atoms with Crippen LogP contribution in [0.1, 0.15) is 57.9 Å². The summed E-state index contributed by atoms with van der Waals surface area (Å²) in [5.41, 5.74) is -6.41. The molecule has 1 aliphatic rings. The number of hydrogen-bond acceptors (Lipinski definition) is 0. The maximum atomic E-state index is 10.2. The van der Waals surface area contributed by atoms with Crippen molar-refractivity contribution in [2.24, 2.45) is 0 Å². The third-order valence-corrected chi connectivity index (χ3v) is 7.69. The third kappa shape index (κ3) is 3.18. The molecule has 196 valence electrons. The second-order valence-electron chi connectivity index (χ2n) is 9.88. The minimum absolute atomic E-state index is 0.447. The molecule has 1 unspecified atom stereocenters. The Morgan fingerprint density at radius 3 is 1.88 bits per heavy atom. The molecule has 0 N–H and O–H groups in total. The standard InChI is InChI=1S/C42H28/c1-42(32-15-3-2-4-16-32)39-26-31(20-21-35(39)38-23-28-12-5-6-13-29(28)25-40(38)42)41-34-18-10-8-14-30(34)24-37-33-17-9-7-11-27(33)19-22-36(37)41/h2-26H,1H3/i2D,3D,4D,5D,6D,7D,8D,9D,10D,11D,12D,13D,14D,15D,16D,17D,18D,19D,20D,21D,22D,23D,24D,25D,26D. The van der Waals surface area contributed by atoms with Crippen LogP contribution in [0.3, 0.4) is 0 Å². The summed E-state index contributed by atoms with van der Waals surface area (Å²) in [5, 5.41) is -4.47. The second kappa shape index (κ2) is 8.65. The predicted molar refractivity (Wildman–Crippen MR) is 179 cm³/mol. The van der Waals surface area contributed by atoms with Gasteiger partial charge in [-0.15, -0.1) is 0 Å². The first-order valence-electron chi connectivity index (χ1n) is 25.2. The van der Waals surface area contributed by atoms with E-state index in [4.69, 9.17) is 20.6 Å². The first-order chi connectivity index (χ1) is 31.1. The molecule has 0 radical (unpaired) electrons. The van der Waals surface area contributed by atoms with E-state index in [1.165, 1.54) is 6.92 Å². The van der Waals surface area contributed by atoms with Gasteiger partial charge in [0.1, 0.15) is 0 Å². The van der Waals surface area contributed by atoms with Gasteiger partial charge in [-0.1, -0.05) is 127 Å². The fraction of sp³-hybridized carbons (Fsp3) is 0.0476. The molecule has 0 spiro atoms. The SMILES string of the molecule is [2H]c1c([2H])c([2H])c(C2(C)c3c([2H])c(-c4c5c([2H])c([2H])c([2H])c([2H])c5c([2H])c5c4c([2H])c([2H])c4c([2H])c([2H])c([2H])c([2H])c45)c([2H])c([2H])c3-c3c2c([2H])c2c([2H])c([2H])c([2H])c([2H])c2c3[2H])c([2H])c1[2H]. The minimum Gasteiger partial charge on any atom is -0.0622 e. The van der Waals surface area contributed by atoms with E-state index in [0.29, 0.717) is 0 Å². The van der Waals surface area contributed by atoms with Crippen LogP contribution in [0, 0.1) is 0 Å². The van der Waals surface area contributed by atoms with E-state index in [2.05, 4.69) is 0 Å². The summed E-state index contributed by atoms with van der Waals surface area (Å²) in [6, 6.07) is -21.0. The van der Waals surface area contributed by atoms with Crippen LogP contribution in [0.5, 0.6) is 0 Å². The molecule has 1 aliphatic carbocycles. The van der Waals surface area contributed by atoms with Crippen LogP contribution in [-0.2, 0) is 5.41 Å². The number of benzene rings is 8. The van der Waals surface area contributed by atoms with Gasteiger partial charge < -0.3 is 0 Å². The molecule has 0 saturated heterocycles. The topological polar surface area (TPSA) is 0 Å². The van der Waals surface area contributed by atoms with Crippen molar-refractivity contribution in [3.8, 4) is 22.3 Å². The van der Waals surface area contributed by atoms with Crippen LogP contribution in [0.4, 0.5) is 0 Å². The van der Waals surface area contributed by atoms with Crippen LogP contribution in [0.25, 0.3) is 65.3 Å². The van der Waals surface area contributed by atoms with E-state index in [9.17, 15) is 13.7 Å². The summed E-state index contributed by atoms with van der Waals surface area (Å²) in [5.74, 6) is 0. The summed E-state index contributed by atoms with van der Waals surface area (Å²) in [4.78, 5) is 0. The Labute approximate surface area is 280 Å². The van der Waals surface area contributed by atoms with Crippen molar-refractivity contribution in [3.05, 3.63) is 168 Å². The summed E-state index contributed by atoms with van der Waals surface area (Å²) < 4.78 is 226. The molecule has 1 atom stereocenters. The van der Waals surface area contributed by atoms with E-state index < -0.39 is 239 Å². The highest BCUT2D eigenvalue weighted by Crippen LogP contribution is 2.54. The van der Waals surface area contributed by atoms with Gasteiger partial charge >= 0.3 is 0 Å². The maximum absolute atomic E-state index is 10.2. The van der Waals surface area contributed by atoms with Crippen molar-refractivity contribution >= 4 is 43.1 Å². The molecule has 9 rings (SSSR count). The average Bonchev–Trinajstić information content (AvgIpc) is 3.57. The van der Waals surface area contributed by atoms with E-state index in [-0.39, 0.29) is 0 Å². The van der Waals surface area contributed by atoms with Crippen molar-refractivity contribution < 1.29 is 34.3 Å². The molecule has 0 heterocycles. The number of fused-ring (bicyclic) bond motifs is 8. The van der Waals surface area contributed by atoms with Gasteiger partial charge in [0, 0.05) is 5.41 Å². The lowest BCUT2D eigenvalue weighted by molar-refractivity contribution is 0.715. The Balaban J connectivity index is 1.64. The van der Waals surface area contributed by atoms with E-state index in [0.717, 1.165) is 0 Å². The van der Waals surface area contributed by atoms with E-state index in [1.807, 2.05) is 0 Å². The maximum Gasteiger partial charge on any atom is 0.0636 e. The minimum atomic E-state index is -2.44. The van der Waals surface area contributed by atoms with Gasteiger partial charge in [-0.05, 0) is 113 Å². The normalized spacial score (nSPS) is 24.2. The largest absolute Gasteiger partial charge is 0.0636 e. The zero-order chi connectivity index (χ0) is 49.6. The Morgan fingerprint density at radius 1 is 0.429 bits per heavy atom. The predicted octanol–water partition coefficient (Wildman–Crippen LogP) is 11.3. The summed E-state index contributed by atoms with van der Waals surface area (Å²) in [6.45, 7) is 1.21. The molecule has 0 fully saturated rings. The molecule has 0 nitrogen and oxygen atoms in total. The van der Waals surface area contributed by atoms with E-state index in [1.54, 1.807) is 0 Å². The zero-order valence-electron chi connectivity index (χ0n) is 46.5. The molecule has 8 aromatic rings. The monoisotopic (exact) mass is 557 g/mol. The smallest absolute Gasteiger partial charge is 0.0622 e. The molecule has 0 amide bonds. The molecule has 8 aromatic carbocycles. The van der Waals surface area contributed by atoms with Crippen molar-refractivity contribution in [3.63, 3.8) is 0 Å². The van der Waals surface area contributed by atoms with E-state index >= 15 is 0 Å². The Bertz CT molecular complexity index is 3730. The lowest BCUT2D eigenvalue weighted by Gasteiger charge is -2.29. The van der Waals surface area contributed by atoms with Crippen molar-refractivity contribution in [1.82, 2.24) is 0 Å². The van der Waals surface area contributed by atoms with Crippen molar-refractivity contribution in [1.29, 1.82) is 0 Å². The van der Waals surface area contributed by atoms with Gasteiger partial charge in [0.15, 0.2) is 0 Å². The van der Waals surface area contributed by atoms with Crippen LogP contribution in [0.15, 0.2) is 151 Å². The molecule has 0 aliphatic heterocycles. The zero-order valence-corrected chi connectivity index (χ0v) is 21.5. The Morgan fingerprint density at radius 2 is 1.07 bits per heavy atom. The average molecular weight is 558 g/mol. The highest BCUT2D eigenvalue weighted by Gasteiger charge is 2.41. The lowest BCUT2D eigenvalue weighted by atomic mass is 9.73.